The van der Waals surface area contributed by atoms with Gasteiger partial charge in [0.2, 0.25) is 10.6 Å². The molecule has 1 aromatic heterocycles. The van der Waals surface area contributed by atoms with E-state index in [1.165, 1.54) is 29.7 Å². The number of thioether (sulfide) groups is 1. The summed E-state index contributed by atoms with van der Waals surface area (Å²) in [5.41, 5.74) is 1.86. The molecule has 0 unspecified atom stereocenters. The summed E-state index contributed by atoms with van der Waals surface area (Å²) in [6, 6.07) is 12.3. The summed E-state index contributed by atoms with van der Waals surface area (Å²) < 4.78 is 1.66. The standard InChI is InChI=1S/C21H19N3O3S2/c1-3-7-18(28-2)16-13-29-21(23-15-8-5-4-6-9-15)24(16)22-12-14-10-11-17(25)20(27)19(14)26/h3-13,25-27H,1H2,2H3/b18-7-,22-12+,23-21?. The maximum Gasteiger partial charge on any atom is 0.211 e. The molecule has 0 atom stereocenters. The van der Waals surface area contributed by atoms with Crippen LogP contribution in [0.2, 0.25) is 0 Å². The van der Waals surface area contributed by atoms with Gasteiger partial charge in [0.1, 0.15) is 0 Å². The Morgan fingerprint density at radius 2 is 1.86 bits per heavy atom. The van der Waals surface area contributed by atoms with Gasteiger partial charge in [-0.1, -0.05) is 30.9 Å². The van der Waals surface area contributed by atoms with Crippen molar-refractivity contribution in [1.82, 2.24) is 4.68 Å². The first kappa shape index (κ1) is 20.5. The minimum Gasteiger partial charge on any atom is -0.504 e. The largest absolute Gasteiger partial charge is 0.504 e. The third kappa shape index (κ3) is 4.61. The molecule has 0 aliphatic carbocycles. The fraction of sp³-hybridized carbons (Fsp3) is 0.0476. The van der Waals surface area contributed by atoms with Gasteiger partial charge in [0.15, 0.2) is 11.5 Å². The topological polar surface area (TPSA) is 90.3 Å². The summed E-state index contributed by atoms with van der Waals surface area (Å²) in [5, 5.41) is 35.7. The van der Waals surface area contributed by atoms with Crippen LogP contribution in [0.15, 0.2) is 76.7 Å². The third-order valence-electron chi connectivity index (χ3n) is 3.88. The van der Waals surface area contributed by atoms with E-state index in [2.05, 4.69) is 16.7 Å². The van der Waals surface area contributed by atoms with E-state index in [-0.39, 0.29) is 5.56 Å². The highest BCUT2D eigenvalue weighted by atomic mass is 32.2. The van der Waals surface area contributed by atoms with Crippen molar-refractivity contribution in [3.05, 3.63) is 82.6 Å². The molecule has 0 amide bonds. The molecule has 1 heterocycles. The first-order valence-electron chi connectivity index (χ1n) is 8.50. The molecular weight excluding hydrogens is 406 g/mol. The quantitative estimate of drug-likeness (QED) is 0.304. The van der Waals surface area contributed by atoms with Gasteiger partial charge in [-0.3, -0.25) is 0 Å². The first-order chi connectivity index (χ1) is 14.0. The van der Waals surface area contributed by atoms with Crippen molar-refractivity contribution in [2.24, 2.45) is 10.1 Å². The van der Waals surface area contributed by atoms with Crippen LogP contribution >= 0.6 is 23.1 Å². The Balaban J connectivity index is 2.16. The monoisotopic (exact) mass is 425 g/mol. The zero-order valence-electron chi connectivity index (χ0n) is 15.6. The molecule has 0 aliphatic heterocycles. The minimum atomic E-state index is -0.588. The lowest BCUT2D eigenvalue weighted by Crippen LogP contribution is -2.12. The molecule has 3 N–H and O–H groups in total. The summed E-state index contributed by atoms with van der Waals surface area (Å²) in [6.07, 6.45) is 6.95. The van der Waals surface area contributed by atoms with E-state index < -0.39 is 17.2 Å². The van der Waals surface area contributed by atoms with E-state index in [9.17, 15) is 15.3 Å². The van der Waals surface area contributed by atoms with E-state index in [0.29, 0.717) is 4.80 Å². The number of benzene rings is 2. The number of aromatic nitrogens is 1. The summed E-state index contributed by atoms with van der Waals surface area (Å²) in [6.45, 7) is 3.76. The van der Waals surface area contributed by atoms with E-state index in [4.69, 9.17) is 0 Å². The number of thiazole rings is 1. The van der Waals surface area contributed by atoms with Gasteiger partial charge < -0.3 is 15.3 Å². The van der Waals surface area contributed by atoms with Crippen molar-refractivity contribution in [3.8, 4) is 17.2 Å². The second kappa shape index (κ2) is 9.31. The highest BCUT2D eigenvalue weighted by molar-refractivity contribution is 8.07. The summed E-state index contributed by atoms with van der Waals surface area (Å²) >= 11 is 2.98. The normalized spacial score (nSPS) is 12.6. The van der Waals surface area contributed by atoms with Gasteiger partial charge in [-0.25, -0.2) is 9.67 Å². The Morgan fingerprint density at radius 1 is 1.10 bits per heavy atom. The second-order valence-corrected chi connectivity index (χ2v) is 7.43. The number of phenolic OH excluding ortho intramolecular Hbond substituents is 3. The van der Waals surface area contributed by atoms with Crippen LogP contribution in [0, 0.1) is 0 Å². The van der Waals surface area contributed by atoms with Crippen molar-refractivity contribution in [2.75, 3.05) is 6.26 Å². The summed E-state index contributed by atoms with van der Waals surface area (Å²) in [7, 11) is 0. The summed E-state index contributed by atoms with van der Waals surface area (Å²) in [5.74, 6) is -1.43. The number of hydrogen-bond donors (Lipinski definition) is 3. The summed E-state index contributed by atoms with van der Waals surface area (Å²) in [4.78, 5) is 6.24. The zero-order valence-corrected chi connectivity index (χ0v) is 17.2. The van der Waals surface area contributed by atoms with Crippen molar-refractivity contribution in [1.29, 1.82) is 0 Å². The molecule has 148 valence electrons. The van der Waals surface area contributed by atoms with Crippen LogP contribution in [0.4, 0.5) is 5.69 Å². The SMILES string of the molecule is C=C/C=C(\SC)c1csc(=Nc2ccccc2)n1/N=C/c1ccc(O)c(O)c1O. The van der Waals surface area contributed by atoms with Gasteiger partial charge in [0, 0.05) is 15.8 Å². The van der Waals surface area contributed by atoms with Crippen molar-refractivity contribution in [2.45, 2.75) is 0 Å². The molecular formula is C21H19N3O3S2. The number of aromatic hydroxyl groups is 3. The van der Waals surface area contributed by atoms with E-state index in [1.807, 2.05) is 48.0 Å². The maximum atomic E-state index is 10.1. The molecule has 0 bridgehead atoms. The fourth-order valence-electron chi connectivity index (χ4n) is 2.45. The van der Waals surface area contributed by atoms with Gasteiger partial charge in [-0.2, -0.15) is 5.10 Å². The predicted octanol–water partition coefficient (Wildman–Crippen LogP) is 4.67. The number of hydrogen-bond acceptors (Lipinski definition) is 7. The smallest absolute Gasteiger partial charge is 0.211 e. The number of nitrogens with zero attached hydrogens (tertiary/aromatic N) is 3. The average molecular weight is 426 g/mol. The van der Waals surface area contributed by atoms with Crippen LogP contribution in [0.1, 0.15) is 11.3 Å². The molecule has 0 saturated heterocycles. The number of para-hydroxylation sites is 1. The van der Waals surface area contributed by atoms with Gasteiger partial charge >= 0.3 is 0 Å². The molecule has 0 spiro atoms. The maximum absolute atomic E-state index is 10.1. The van der Waals surface area contributed by atoms with Crippen molar-refractivity contribution in [3.63, 3.8) is 0 Å². The average Bonchev–Trinajstić information content (AvgIpc) is 3.12. The van der Waals surface area contributed by atoms with E-state index in [0.717, 1.165) is 16.3 Å². The van der Waals surface area contributed by atoms with Crippen LogP contribution < -0.4 is 4.80 Å². The van der Waals surface area contributed by atoms with Crippen LogP contribution in [0.25, 0.3) is 4.91 Å². The van der Waals surface area contributed by atoms with Gasteiger partial charge in [0.05, 0.1) is 17.6 Å². The van der Waals surface area contributed by atoms with Gasteiger partial charge in [-0.05, 0) is 36.6 Å². The Morgan fingerprint density at radius 3 is 2.55 bits per heavy atom. The van der Waals surface area contributed by atoms with Crippen molar-refractivity contribution < 1.29 is 15.3 Å². The Labute approximate surface area is 176 Å². The minimum absolute atomic E-state index is 0.258. The Bertz CT molecular complexity index is 1150. The molecule has 0 radical (unpaired) electrons. The fourth-order valence-corrected chi connectivity index (χ4v) is 3.95. The molecule has 6 nitrogen and oxygen atoms in total. The number of allylic oxidation sites excluding steroid dienone is 2. The molecule has 0 saturated carbocycles. The highest BCUT2D eigenvalue weighted by Crippen LogP contribution is 2.36. The second-order valence-electron chi connectivity index (χ2n) is 5.75. The van der Waals surface area contributed by atoms with Crippen LogP contribution in [-0.2, 0) is 0 Å². The number of rotatable bonds is 6. The van der Waals surface area contributed by atoms with E-state index in [1.54, 1.807) is 22.5 Å². The molecule has 3 aromatic rings. The third-order valence-corrected chi connectivity index (χ3v) is 5.48. The zero-order chi connectivity index (χ0) is 20.8. The molecule has 2 aromatic carbocycles. The highest BCUT2D eigenvalue weighted by Gasteiger charge is 2.12. The Kier molecular flexibility index (Phi) is 6.58. The molecule has 8 heteroatoms. The Hall–Kier alpha value is -3.23. The van der Waals surface area contributed by atoms with Crippen molar-refractivity contribution >= 4 is 39.9 Å². The lowest BCUT2D eigenvalue weighted by Gasteiger charge is -2.06. The lowest BCUT2D eigenvalue weighted by atomic mass is 10.2. The molecule has 0 aliphatic rings. The molecule has 3 rings (SSSR count). The van der Waals surface area contributed by atoms with E-state index >= 15 is 0 Å². The van der Waals surface area contributed by atoms with Gasteiger partial charge in [0.25, 0.3) is 0 Å². The first-order valence-corrected chi connectivity index (χ1v) is 10.6. The molecule has 29 heavy (non-hydrogen) atoms. The number of phenols is 3. The van der Waals surface area contributed by atoms with Crippen LogP contribution in [0.5, 0.6) is 17.2 Å². The van der Waals surface area contributed by atoms with Gasteiger partial charge in [-0.15, -0.1) is 23.1 Å². The van der Waals surface area contributed by atoms with Crippen LogP contribution in [-0.4, -0.2) is 32.5 Å². The van der Waals surface area contributed by atoms with Crippen LogP contribution in [0.3, 0.4) is 0 Å². The predicted molar refractivity (Wildman–Crippen MR) is 120 cm³/mol. The molecule has 0 fully saturated rings. The lowest BCUT2D eigenvalue weighted by molar-refractivity contribution is 0.367.